The Morgan fingerprint density at radius 2 is 2.05 bits per heavy atom. The van der Waals surface area contributed by atoms with E-state index in [0.717, 1.165) is 42.9 Å². The Labute approximate surface area is 124 Å². The summed E-state index contributed by atoms with van der Waals surface area (Å²) in [6.07, 6.45) is 9.25. The van der Waals surface area contributed by atoms with Gasteiger partial charge in [0.2, 0.25) is 0 Å². The van der Waals surface area contributed by atoms with E-state index in [2.05, 4.69) is 14.9 Å². The molecule has 1 aliphatic heterocycles. The van der Waals surface area contributed by atoms with Crippen LogP contribution in [0.15, 0.2) is 43.0 Å². The Hall–Kier alpha value is -2.14. The minimum atomic E-state index is 0.333. The van der Waals surface area contributed by atoms with Crippen LogP contribution in [-0.2, 0) is 6.61 Å². The smallest absolute Gasteiger partial charge is 0.140 e. The summed E-state index contributed by atoms with van der Waals surface area (Å²) in [5, 5.41) is 0. The fourth-order valence-electron chi connectivity index (χ4n) is 2.47. The highest BCUT2D eigenvalue weighted by Crippen LogP contribution is 2.23. The summed E-state index contributed by atoms with van der Waals surface area (Å²) in [6.45, 7) is 2.47. The number of piperidine rings is 1. The minimum absolute atomic E-state index is 0.333. The van der Waals surface area contributed by atoms with Gasteiger partial charge in [0.1, 0.15) is 12.4 Å². The number of rotatable bonds is 4. The second-order valence-corrected chi connectivity index (χ2v) is 5.35. The van der Waals surface area contributed by atoms with Crippen molar-refractivity contribution < 1.29 is 4.74 Å². The van der Waals surface area contributed by atoms with Gasteiger partial charge in [0.05, 0.1) is 18.1 Å². The van der Waals surface area contributed by atoms with Crippen LogP contribution in [0, 0.1) is 0 Å². The van der Waals surface area contributed by atoms with Crippen molar-refractivity contribution >= 4 is 5.69 Å². The molecule has 0 amide bonds. The van der Waals surface area contributed by atoms with Crippen LogP contribution in [0.2, 0.25) is 0 Å². The van der Waals surface area contributed by atoms with Crippen LogP contribution in [0.25, 0.3) is 0 Å². The summed E-state index contributed by atoms with van der Waals surface area (Å²) in [5.41, 5.74) is 8.09. The quantitative estimate of drug-likeness (QED) is 0.930. The molecule has 0 spiro atoms. The number of nitrogens with two attached hydrogens (primary N) is 1. The number of nitrogens with zero attached hydrogens (tertiary/aromatic N) is 3. The summed E-state index contributed by atoms with van der Waals surface area (Å²) in [4.78, 5) is 10.7. The predicted octanol–water partition coefficient (Wildman–Crippen LogP) is 1.98. The van der Waals surface area contributed by atoms with E-state index in [1.807, 2.05) is 30.6 Å². The predicted molar refractivity (Wildman–Crippen MR) is 82.2 cm³/mol. The topological polar surface area (TPSA) is 64.3 Å². The SMILES string of the molecule is NC1CCN(c2cncc(OCc3cccnc3)c2)CC1. The second kappa shape index (κ2) is 6.54. The van der Waals surface area contributed by atoms with Crippen LogP contribution >= 0.6 is 0 Å². The average molecular weight is 284 g/mol. The van der Waals surface area contributed by atoms with E-state index in [1.165, 1.54) is 0 Å². The largest absolute Gasteiger partial charge is 0.487 e. The monoisotopic (exact) mass is 284 g/mol. The van der Waals surface area contributed by atoms with Crippen LogP contribution in [0.4, 0.5) is 5.69 Å². The van der Waals surface area contributed by atoms with E-state index >= 15 is 0 Å². The lowest BCUT2D eigenvalue weighted by atomic mass is 10.1. The first-order chi connectivity index (χ1) is 10.3. The van der Waals surface area contributed by atoms with E-state index in [9.17, 15) is 0 Å². The van der Waals surface area contributed by atoms with Gasteiger partial charge in [-0.15, -0.1) is 0 Å². The Balaban J connectivity index is 1.63. The van der Waals surface area contributed by atoms with Crippen molar-refractivity contribution in [1.29, 1.82) is 0 Å². The molecule has 2 N–H and O–H groups in total. The molecule has 110 valence electrons. The molecule has 0 saturated carbocycles. The Bertz CT molecular complexity index is 567. The molecule has 0 bridgehead atoms. The van der Waals surface area contributed by atoms with E-state index in [0.29, 0.717) is 12.6 Å². The first kappa shape index (κ1) is 13.8. The lowest BCUT2D eigenvalue weighted by Crippen LogP contribution is -2.39. The molecular weight excluding hydrogens is 264 g/mol. The highest BCUT2D eigenvalue weighted by atomic mass is 16.5. The fourth-order valence-corrected chi connectivity index (χ4v) is 2.47. The number of aromatic nitrogens is 2. The number of ether oxygens (including phenoxy) is 1. The van der Waals surface area contributed by atoms with E-state index in [-0.39, 0.29) is 0 Å². The highest BCUT2D eigenvalue weighted by molar-refractivity contribution is 5.48. The van der Waals surface area contributed by atoms with Gasteiger partial charge in [0.25, 0.3) is 0 Å². The molecule has 3 rings (SSSR count). The molecule has 0 unspecified atom stereocenters. The zero-order valence-corrected chi connectivity index (χ0v) is 12.0. The van der Waals surface area contributed by atoms with E-state index < -0.39 is 0 Å². The van der Waals surface area contributed by atoms with Crippen molar-refractivity contribution in [2.75, 3.05) is 18.0 Å². The Morgan fingerprint density at radius 1 is 1.19 bits per heavy atom. The second-order valence-electron chi connectivity index (χ2n) is 5.35. The Kier molecular flexibility index (Phi) is 4.31. The normalized spacial score (nSPS) is 16.0. The number of hydrogen-bond donors (Lipinski definition) is 1. The number of hydrogen-bond acceptors (Lipinski definition) is 5. The van der Waals surface area contributed by atoms with Crippen LogP contribution < -0.4 is 15.4 Å². The maximum atomic E-state index is 5.94. The summed E-state index contributed by atoms with van der Waals surface area (Å²) >= 11 is 0. The lowest BCUT2D eigenvalue weighted by molar-refractivity contribution is 0.304. The zero-order chi connectivity index (χ0) is 14.5. The molecule has 0 aromatic carbocycles. The van der Waals surface area contributed by atoms with Gasteiger partial charge in [-0.2, -0.15) is 0 Å². The summed E-state index contributed by atoms with van der Waals surface area (Å²) < 4.78 is 5.79. The fraction of sp³-hybridized carbons (Fsp3) is 0.375. The summed E-state index contributed by atoms with van der Waals surface area (Å²) in [5.74, 6) is 0.784. The van der Waals surface area contributed by atoms with Gasteiger partial charge >= 0.3 is 0 Å². The van der Waals surface area contributed by atoms with Crippen LogP contribution in [0.5, 0.6) is 5.75 Å². The third-order valence-electron chi connectivity index (χ3n) is 3.73. The molecule has 0 atom stereocenters. The molecule has 2 aromatic rings. The molecule has 5 heteroatoms. The van der Waals surface area contributed by atoms with Crippen molar-refractivity contribution in [3.63, 3.8) is 0 Å². The molecule has 3 heterocycles. The van der Waals surface area contributed by atoms with E-state index in [4.69, 9.17) is 10.5 Å². The van der Waals surface area contributed by atoms with Crippen molar-refractivity contribution in [2.45, 2.75) is 25.5 Å². The molecule has 0 aliphatic carbocycles. The van der Waals surface area contributed by atoms with Crippen molar-refractivity contribution in [2.24, 2.45) is 5.73 Å². The molecule has 1 aliphatic rings. The van der Waals surface area contributed by atoms with Crippen LogP contribution in [0.3, 0.4) is 0 Å². The van der Waals surface area contributed by atoms with Crippen LogP contribution in [0.1, 0.15) is 18.4 Å². The van der Waals surface area contributed by atoms with Crippen molar-refractivity contribution in [3.05, 3.63) is 48.5 Å². The maximum absolute atomic E-state index is 5.94. The zero-order valence-electron chi connectivity index (χ0n) is 12.0. The number of anilines is 1. The van der Waals surface area contributed by atoms with Gasteiger partial charge in [-0.05, 0) is 18.9 Å². The first-order valence-corrected chi connectivity index (χ1v) is 7.28. The number of pyridine rings is 2. The van der Waals surface area contributed by atoms with Crippen molar-refractivity contribution in [3.8, 4) is 5.75 Å². The molecule has 2 aromatic heterocycles. The molecule has 0 radical (unpaired) electrons. The Morgan fingerprint density at radius 3 is 2.81 bits per heavy atom. The van der Waals surface area contributed by atoms with Gasteiger partial charge in [0, 0.05) is 43.2 Å². The summed E-state index contributed by atoms with van der Waals surface area (Å²) in [7, 11) is 0. The third kappa shape index (κ3) is 3.70. The van der Waals surface area contributed by atoms with Gasteiger partial charge in [-0.1, -0.05) is 6.07 Å². The van der Waals surface area contributed by atoms with Gasteiger partial charge in [-0.3, -0.25) is 9.97 Å². The molecule has 1 saturated heterocycles. The lowest BCUT2D eigenvalue weighted by Gasteiger charge is -2.31. The van der Waals surface area contributed by atoms with Crippen molar-refractivity contribution in [1.82, 2.24) is 9.97 Å². The minimum Gasteiger partial charge on any atom is -0.487 e. The maximum Gasteiger partial charge on any atom is 0.140 e. The van der Waals surface area contributed by atoms with E-state index in [1.54, 1.807) is 12.4 Å². The first-order valence-electron chi connectivity index (χ1n) is 7.28. The van der Waals surface area contributed by atoms with Crippen LogP contribution in [-0.4, -0.2) is 29.1 Å². The van der Waals surface area contributed by atoms with Gasteiger partial charge < -0.3 is 15.4 Å². The molecular formula is C16H20N4O. The molecule has 5 nitrogen and oxygen atoms in total. The average Bonchev–Trinajstić information content (AvgIpc) is 2.55. The molecule has 1 fully saturated rings. The van der Waals surface area contributed by atoms with Gasteiger partial charge in [-0.25, -0.2) is 0 Å². The third-order valence-corrected chi connectivity index (χ3v) is 3.73. The standard InChI is InChI=1S/C16H20N4O/c17-14-3-6-20(7-4-14)15-8-16(11-19-10-15)21-12-13-2-1-5-18-9-13/h1-2,5,8-11,14H,3-4,6-7,12,17H2. The summed E-state index contributed by atoms with van der Waals surface area (Å²) in [6, 6.07) is 6.28. The van der Waals surface area contributed by atoms with Gasteiger partial charge in [0.15, 0.2) is 0 Å². The highest BCUT2D eigenvalue weighted by Gasteiger charge is 2.16. The molecule has 21 heavy (non-hydrogen) atoms.